The lowest BCUT2D eigenvalue weighted by atomic mass is 10.1. The van der Waals surface area contributed by atoms with Crippen molar-refractivity contribution in [1.82, 2.24) is 9.78 Å². The normalized spacial score (nSPS) is 19.5. The summed E-state index contributed by atoms with van der Waals surface area (Å²) in [6, 6.07) is 8.15. The van der Waals surface area contributed by atoms with Crippen LogP contribution in [-0.4, -0.2) is 16.4 Å². The molecule has 0 bridgehead atoms. The topological polar surface area (TPSA) is 53.1 Å². The Morgan fingerprint density at radius 2 is 2.21 bits per heavy atom. The zero-order chi connectivity index (χ0) is 13.2. The molecule has 2 heterocycles. The Balaban J connectivity index is 1.96. The molecule has 1 atom stereocenters. The predicted octanol–water partition coefficient (Wildman–Crippen LogP) is 3.14. The summed E-state index contributed by atoms with van der Waals surface area (Å²) in [6.45, 7) is 2.83. The minimum absolute atomic E-state index is 0.0567. The second-order valence-electron chi connectivity index (χ2n) is 5.05. The molecule has 2 N–H and O–H groups in total. The third-order valence-corrected chi connectivity index (χ3v) is 3.67. The Kier molecular flexibility index (Phi) is 3.25. The van der Waals surface area contributed by atoms with Crippen LogP contribution >= 0.6 is 0 Å². The lowest BCUT2D eigenvalue weighted by molar-refractivity contribution is -0.0383. The van der Waals surface area contributed by atoms with Gasteiger partial charge in [-0.25, -0.2) is 4.68 Å². The van der Waals surface area contributed by atoms with Gasteiger partial charge in [0.25, 0.3) is 0 Å². The third kappa shape index (κ3) is 2.36. The van der Waals surface area contributed by atoms with Crippen LogP contribution in [0.3, 0.4) is 0 Å². The molecule has 0 saturated carbocycles. The van der Waals surface area contributed by atoms with Crippen molar-refractivity contribution in [1.29, 1.82) is 0 Å². The number of nitrogen functional groups attached to an aromatic ring is 1. The Bertz CT molecular complexity index is 571. The molecule has 100 valence electrons. The average Bonchev–Trinajstić information content (AvgIpc) is 2.92. The predicted molar refractivity (Wildman–Crippen MR) is 75.7 cm³/mol. The van der Waals surface area contributed by atoms with Crippen molar-refractivity contribution in [3.05, 3.63) is 36.0 Å². The molecule has 4 heteroatoms. The van der Waals surface area contributed by atoms with E-state index in [1.807, 2.05) is 36.0 Å². The van der Waals surface area contributed by atoms with Crippen molar-refractivity contribution < 1.29 is 4.74 Å². The van der Waals surface area contributed by atoms with Crippen LogP contribution in [0.1, 0.15) is 31.1 Å². The average molecular weight is 257 g/mol. The molecular weight excluding hydrogens is 238 g/mol. The van der Waals surface area contributed by atoms with Gasteiger partial charge in [0.2, 0.25) is 0 Å². The van der Waals surface area contributed by atoms with E-state index in [0.29, 0.717) is 0 Å². The summed E-state index contributed by atoms with van der Waals surface area (Å²) in [6.07, 6.45) is 5.24. The first-order chi connectivity index (χ1) is 9.25. The van der Waals surface area contributed by atoms with Crippen LogP contribution in [0.5, 0.6) is 0 Å². The van der Waals surface area contributed by atoms with Crippen molar-refractivity contribution in [3.8, 4) is 11.3 Å². The molecule has 0 amide bonds. The highest BCUT2D eigenvalue weighted by molar-refractivity contribution is 5.66. The molecule has 1 aliphatic rings. The highest BCUT2D eigenvalue weighted by Gasteiger charge is 2.19. The molecule has 3 rings (SSSR count). The Morgan fingerprint density at radius 3 is 2.95 bits per heavy atom. The van der Waals surface area contributed by atoms with Crippen molar-refractivity contribution in [2.75, 3.05) is 12.3 Å². The van der Waals surface area contributed by atoms with Crippen molar-refractivity contribution in [2.45, 2.75) is 32.4 Å². The Labute approximate surface area is 113 Å². The first-order valence-corrected chi connectivity index (χ1v) is 6.77. The molecule has 0 aliphatic carbocycles. The third-order valence-electron chi connectivity index (χ3n) is 3.67. The van der Waals surface area contributed by atoms with Gasteiger partial charge in [-0.3, -0.25) is 0 Å². The van der Waals surface area contributed by atoms with Gasteiger partial charge < -0.3 is 10.5 Å². The molecule has 0 radical (unpaired) electrons. The van der Waals surface area contributed by atoms with Crippen molar-refractivity contribution in [3.63, 3.8) is 0 Å². The summed E-state index contributed by atoms with van der Waals surface area (Å²) >= 11 is 0. The second-order valence-corrected chi connectivity index (χ2v) is 5.05. The van der Waals surface area contributed by atoms with Gasteiger partial charge in [0.05, 0.1) is 5.69 Å². The van der Waals surface area contributed by atoms with Crippen LogP contribution in [0.15, 0.2) is 30.5 Å². The van der Waals surface area contributed by atoms with E-state index in [9.17, 15) is 0 Å². The van der Waals surface area contributed by atoms with Crippen LogP contribution in [0, 0.1) is 6.92 Å². The zero-order valence-corrected chi connectivity index (χ0v) is 11.2. The van der Waals surface area contributed by atoms with Crippen LogP contribution < -0.4 is 5.73 Å². The molecule has 1 aromatic heterocycles. The number of aryl methyl sites for hydroxylation is 1. The lowest BCUT2D eigenvalue weighted by Crippen LogP contribution is -2.19. The van der Waals surface area contributed by atoms with E-state index in [1.165, 1.54) is 6.42 Å². The number of hydrogen-bond acceptors (Lipinski definition) is 3. The van der Waals surface area contributed by atoms with E-state index in [4.69, 9.17) is 10.5 Å². The number of benzene rings is 1. The SMILES string of the molecule is Cc1ccc(-c2ccnn2C2CCCCO2)cc1N. The molecule has 1 aromatic carbocycles. The number of nitrogens with zero attached hydrogens (tertiary/aromatic N) is 2. The Morgan fingerprint density at radius 1 is 1.32 bits per heavy atom. The summed E-state index contributed by atoms with van der Waals surface area (Å²) in [5.74, 6) is 0. The lowest BCUT2D eigenvalue weighted by Gasteiger charge is -2.24. The first-order valence-electron chi connectivity index (χ1n) is 6.77. The second kappa shape index (κ2) is 5.05. The number of nitrogens with two attached hydrogens (primary N) is 1. The molecule has 1 saturated heterocycles. The van der Waals surface area contributed by atoms with Gasteiger partial charge in [0.15, 0.2) is 6.23 Å². The van der Waals surface area contributed by atoms with Gasteiger partial charge in [0.1, 0.15) is 0 Å². The zero-order valence-electron chi connectivity index (χ0n) is 11.2. The molecule has 19 heavy (non-hydrogen) atoms. The maximum absolute atomic E-state index is 5.99. The minimum Gasteiger partial charge on any atom is -0.398 e. The summed E-state index contributed by atoms with van der Waals surface area (Å²) < 4.78 is 7.78. The van der Waals surface area contributed by atoms with E-state index < -0.39 is 0 Å². The van der Waals surface area contributed by atoms with E-state index in [0.717, 1.165) is 42.0 Å². The number of ether oxygens (including phenoxy) is 1. The fourth-order valence-electron chi connectivity index (χ4n) is 2.49. The summed E-state index contributed by atoms with van der Waals surface area (Å²) in [4.78, 5) is 0. The maximum atomic E-state index is 5.99. The summed E-state index contributed by atoms with van der Waals surface area (Å²) in [5, 5.41) is 4.42. The van der Waals surface area contributed by atoms with E-state index in [2.05, 4.69) is 11.2 Å². The number of hydrogen-bond donors (Lipinski definition) is 1. The number of aromatic nitrogens is 2. The Hall–Kier alpha value is -1.81. The summed E-state index contributed by atoms with van der Waals surface area (Å²) in [7, 11) is 0. The monoisotopic (exact) mass is 257 g/mol. The van der Waals surface area contributed by atoms with Crippen LogP contribution in [0.4, 0.5) is 5.69 Å². The van der Waals surface area contributed by atoms with Gasteiger partial charge in [-0.2, -0.15) is 5.10 Å². The highest BCUT2D eigenvalue weighted by Crippen LogP contribution is 2.29. The number of rotatable bonds is 2. The first kappa shape index (κ1) is 12.2. The largest absolute Gasteiger partial charge is 0.398 e. The van der Waals surface area contributed by atoms with Crippen LogP contribution in [-0.2, 0) is 4.74 Å². The molecule has 2 aromatic rings. The fraction of sp³-hybridized carbons (Fsp3) is 0.400. The fourth-order valence-corrected chi connectivity index (χ4v) is 2.49. The van der Waals surface area contributed by atoms with Gasteiger partial charge in [-0.05, 0) is 43.9 Å². The van der Waals surface area contributed by atoms with Crippen LogP contribution in [0.2, 0.25) is 0 Å². The minimum atomic E-state index is 0.0567. The molecular formula is C15H19N3O. The molecule has 1 unspecified atom stereocenters. The maximum Gasteiger partial charge on any atom is 0.150 e. The molecule has 4 nitrogen and oxygen atoms in total. The van der Waals surface area contributed by atoms with Gasteiger partial charge >= 0.3 is 0 Å². The molecule has 0 spiro atoms. The number of anilines is 1. The van der Waals surface area contributed by atoms with Crippen LogP contribution in [0.25, 0.3) is 11.3 Å². The van der Waals surface area contributed by atoms with Gasteiger partial charge in [-0.15, -0.1) is 0 Å². The molecule has 1 fully saturated rings. The smallest absolute Gasteiger partial charge is 0.150 e. The molecule has 1 aliphatic heterocycles. The van der Waals surface area contributed by atoms with Gasteiger partial charge in [-0.1, -0.05) is 12.1 Å². The van der Waals surface area contributed by atoms with E-state index in [-0.39, 0.29) is 6.23 Å². The van der Waals surface area contributed by atoms with Gasteiger partial charge in [0, 0.05) is 24.1 Å². The van der Waals surface area contributed by atoms with E-state index in [1.54, 1.807) is 0 Å². The van der Waals surface area contributed by atoms with Crippen molar-refractivity contribution >= 4 is 5.69 Å². The van der Waals surface area contributed by atoms with E-state index >= 15 is 0 Å². The standard InChI is InChI=1S/C15H19N3O/c1-11-5-6-12(10-13(11)16)14-7-8-17-18(14)15-4-2-3-9-19-15/h5-8,10,15H,2-4,9,16H2,1H3. The quantitative estimate of drug-likeness (QED) is 0.841. The summed E-state index contributed by atoms with van der Waals surface area (Å²) in [5.41, 5.74) is 10.1. The highest BCUT2D eigenvalue weighted by atomic mass is 16.5. The van der Waals surface area contributed by atoms with Crippen molar-refractivity contribution in [2.24, 2.45) is 0 Å².